The van der Waals surface area contributed by atoms with Crippen molar-refractivity contribution >= 4 is 23.5 Å². The lowest BCUT2D eigenvalue weighted by Crippen LogP contribution is -2.27. The first-order chi connectivity index (χ1) is 12.4. The molecule has 1 N–H and O–H groups in total. The number of rotatable bonds is 7. The molecule has 2 aromatic carbocycles. The minimum Gasteiger partial charge on any atom is -0.496 e. The molecule has 26 heavy (non-hydrogen) atoms. The van der Waals surface area contributed by atoms with Crippen molar-refractivity contribution in [1.82, 2.24) is 5.32 Å². The normalized spacial score (nSPS) is 10.3. The summed E-state index contributed by atoms with van der Waals surface area (Å²) in [5.74, 6) is -2.53. The fraction of sp³-hybridized carbons (Fsp3) is 0.222. The van der Waals surface area contributed by atoms with Crippen LogP contribution in [0.25, 0.3) is 0 Å². The zero-order chi connectivity index (χ0) is 19.1. The standard InChI is InChI=1S/C18H16ClF2NO4/c1-25-16-5-2-12(19)8-11(16)10-26-17(23)6-7-22-18(24)14-4-3-13(20)9-15(14)21/h2-5,8-9H,6-7,10H2,1H3,(H,22,24). The molecule has 0 spiro atoms. The number of esters is 1. The van der Waals surface area contributed by atoms with E-state index in [-0.39, 0.29) is 25.1 Å². The highest BCUT2D eigenvalue weighted by atomic mass is 35.5. The molecule has 0 aliphatic rings. The smallest absolute Gasteiger partial charge is 0.307 e. The third kappa shape index (κ3) is 5.42. The molecule has 0 aliphatic carbocycles. The third-order valence-corrected chi connectivity index (χ3v) is 3.66. The Bertz CT molecular complexity index is 814. The topological polar surface area (TPSA) is 64.6 Å². The van der Waals surface area contributed by atoms with Gasteiger partial charge < -0.3 is 14.8 Å². The van der Waals surface area contributed by atoms with Crippen LogP contribution in [0.5, 0.6) is 5.75 Å². The summed E-state index contributed by atoms with van der Waals surface area (Å²) in [6.45, 7) is -0.0930. The maximum absolute atomic E-state index is 13.5. The first kappa shape index (κ1) is 19.7. The number of methoxy groups -OCH3 is 1. The average molecular weight is 384 g/mol. The Morgan fingerprint density at radius 2 is 1.92 bits per heavy atom. The van der Waals surface area contributed by atoms with Gasteiger partial charge in [0.1, 0.15) is 24.0 Å². The molecule has 0 aliphatic heterocycles. The van der Waals surface area contributed by atoms with E-state index in [0.29, 0.717) is 22.4 Å². The number of halogens is 3. The van der Waals surface area contributed by atoms with Crippen LogP contribution in [0, 0.1) is 11.6 Å². The van der Waals surface area contributed by atoms with E-state index in [1.165, 1.54) is 7.11 Å². The lowest BCUT2D eigenvalue weighted by atomic mass is 10.2. The number of hydrogen-bond acceptors (Lipinski definition) is 4. The van der Waals surface area contributed by atoms with Crippen LogP contribution in [0.15, 0.2) is 36.4 Å². The van der Waals surface area contributed by atoms with Gasteiger partial charge in [0.15, 0.2) is 0 Å². The summed E-state index contributed by atoms with van der Waals surface area (Å²) in [5.41, 5.74) is 0.300. The van der Waals surface area contributed by atoms with E-state index in [1.54, 1.807) is 18.2 Å². The summed E-state index contributed by atoms with van der Waals surface area (Å²) in [7, 11) is 1.48. The molecule has 2 aromatic rings. The van der Waals surface area contributed by atoms with E-state index < -0.39 is 23.5 Å². The molecule has 8 heteroatoms. The number of amides is 1. The number of nitrogens with one attached hydrogen (secondary N) is 1. The van der Waals surface area contributed by atoms with E-state index in [2.05, 4.69) is 5.32 Å². The van der Waals surface area contributed by atoms with E-state index >= 15 is 0 Å². The Morgan fingerprint density at radius 1 is 1.15 bits per heavy atom. The molecular weight excluding hydrogens is 368 g/mol. The molecule has 1 amide bonds. The second-order valence-corrected chi connectivity index (χ2v) is 5.68. The third-order valence-electron chi connectivity index (χ3n) is 3.42. The predicted molar refractivity (Wildman–Crippen MR) is 91.1 cm³/mol. The SMILES string of the molecule is COc1ccc(Cl)cc1COC(=O)CCNC(=O)c1ccc(F)cc1F. The van der Waals surface area contributed by atoms with Gasteiger partial charge in [0.25, 0.3) is 5.91 Å². The highest BCUT2D eigenvalue weighted by Crippen LogP contribution is 2.23. The van der Waals surface area contributed by atoms with Crippen LogP contribution in [0.3, 0.4) is 0 Å². The van der Waals surface area contributed by atoms with E-state index in [1.807, 2.05) is 0 Å². The van der Waals surface area contributed by atoms with Gasteiger partial charge in [-0.15, -0.1) is 0 Å². The van der Waals surface area contributed by atoms with E-state index in [4.69, 9.17) is 21.1 Å². The van der Waals surface area contributed by atoms with Crippen LogP contribution in [0.2, 0.25) is 5.02 Å². The van der Waals surface area contributed by atoms with Crippen molar-refractivity contribution < 1.29 is 27.8 Å². The van der Waals surface area contributed by atoms with Crippen LogP contribution in [-0.2, 0) is 16.1 Å². The second kappa shape index (κ2) is 9.15. The van der Waals surface area contributed by atoms with Gasteiger partial charge in [0.2, 0.25) is 0 Å². The van der Waals surface area contributed by atoms with Gasteiger partial charge in [0.05, 0.1) is 19.1 Å². The van der Waals surface area contributed by atoms with Crippen LogP contribution < -0.4 is 10.1 Å². The van der Waals surface area contributed by atoms with Gasteiger partial charge in [-0.1, -0.05) is 11.6 Å². The molecule has 0 unspecified atom stereocenters. The van der Waals surface area contributed by atoms with Crippen molar-refractivity contribution in [2.24, 2.45) is 0 Å². The van der Waals surface area contributed by atoms with Gasteiger partial charge in [-0.25, -0.2) is 8.78 Å². The molecule has 138 valence electrons. The number of ether oxygens (including phenoxy) is 2. The van der Waals surface area contributed by atoms with Crippen molar-refractivity contribution in [1.29, 1.82) is 0 Å². The minimum atomic E-state index is -0.974. The molecule has 0 bridgehead atoms. The fourth-order valence-electron chi connectivity index (χ4n) is 2.14. The van der Waals surface area contributed by atoms with Crippen molar-refractivity contribution in [3.8, 4) is 5.75 Å². The number of benzene rings is 2. The van der Waals surface area contributed by atoms with E-state index in [9.17, 15) is 18.4 Å². The predicted octanol–water partition coefficient (Wildman–Crippen LogP) is 3.49. The van der Waals surface area contributed by atoms with Gasteiger partial charge in [0, 0.05) is 23.2 Å². The van der Waals surface area contributed by atoms with Crippen molar-refractivity contribution in [2.45, 2.75) is 13.0 Å². The summed E-state index contributed by atoms with van der Waals surface area (Å²) < 4.78 is 36.6. The Labute approximate surface area is 153 Å². The fourth-order valence-corrected chi connectivity index (χ4v) is 2.33. The molecule has 0 heterocycles. The van der Waals surface area contributed by atoms with Crippen LogP contribution in [-0.4, -0.2) is 25.5 Å². The summed E-state index contributed by atoms with van der Waals surface area (Å²) in [6.07, 6.45) is -0.114. The summed E-state index contributed by atoms with van der Waals surface area (Å²) in [5, 5.41) is 2.85. The van der Waals surface area contributed by atoms with Crippen molar-refractivity contribution in [3.63, 3.8) is 0 Å². The number of hydrogen-bond donors (Lipinski definition) is 1. The molecule has 0 radical (unpaired) electrons. The van der Waals surface area contributed by atoms with Crippen molar-refractivity contribution in [3.05, 3.63) is 64.2 Å². The highest BCUT2D eigenvalue weighted by Gasteiger charge is 2.13. The number of carbonyl (C=O) groups is 2. The van der Waals surface area contributed by atoms with Crippen LogP contribution >= 0.6 is 11.6 Å². The Kier molecular flexibility index (Phi) is 6.91. The first-order valence-electron chi connectivity index (χ1n) is 7.62. The first-order valence-corrected chi connectivity index (χ1v) is 8.00. The maximum Gasteiger partial charge on any atom is 0.307 e. The largest absolute Gasteiger partial charge is 0.496 e. The molecule has 0 saturated carbocycles. The highest BCUT2D eigenvalue weighted by molar-refractivity contribution is 6.30. The molecular formula is C18H16ClF2NO4. The lowest BCUT2D eigenvalue weighted by Gasteiger charge is -2.10. The van der Waals surface area contributed by atoms with E-state index in [0.717, 1.165) is 12.1 Å². The van der Waals surface area contributed by atoms with Gasteiger partial charge in [-0.05, 0) is 30.3 Å². The number of carbonyl (C=O) groups excluding carboxylic acids is 2. The Morgan fingerprint density at radius 3 is 2.62 bits per heavy atom. The Balaban J connectivity index is 1.80. The average Bonchev–Trinajstić information content (AvgIpc) is 2.60. The Hall–Kier alpha value is -2.67. The van der Waals surface area contributed by atoms with Crippen LogP contribution in [0.4, 0.5) is 8.78 Å². The monoisotopic (exact) mass is 383 g/mol. The molecule has 5 nitrogen and oxygen atoms in total. The van der Waals surface area contributed by atoms with Gasteiger partial charge in [-0.2, -0.15) is 0 Å². The summed E-state index contributed by atoms with van der Waals surface area (Å²) >= 11 is 5.89. The minimum absolute atomic E-state index is 0.0386. The van der Waals surface area contributed by atoms with Gasteiger partial charge >= 0.3 is 5.97 Å². The zero-order valence-electron chi connectivity index (χ0n) is 13.9. The molecule has 0 atom stereocenters. The summed E-state index contributed by atoms with van der Waals surface area (Å²) in [6, 6.07) is 7.54. The van der Waals surface area contributed by atoms with Crippen LogP contribution in [0.1, 0.15) is 22.3 Å². The molecule has 0 aromatic heterocycles. The molecule has 2 rings (SSSR count). The molecule has 0 fully saturated rings. The zero-order valence-corrected chi connectivity index (χ0v) is 14.6. The lowest BCUT2D eigenvalue weighted by molar-refractivity contribution is -0.144. The molecule has 0 saturated heterocycles. The summed E-state index contributed by atoms with van der Waals surface area (Å²) in [4.78, 5) is 23.6. The van der Waals surface area contributed by atoms with Gasteiger partial charge in [-0.3, -0.25) is 9.59 Å². The van der Waals surface area contributed by atoms with Crippen molar-refractivity contribution in [2.75, 3.05) is 13.7 Å². The quantitative estimate of drug-likeness (QED) is 0.743. The maximum atomic E-state index is 13.5. The second-order valence-electron chi connectivity index (χ2n) is 5.25.